The Morgan fingerprint density at radius 1 is 0.385 bits per heavy atom. The predicted octanol–water partition coefficient (Wildman–Crippen LogP) is 12.2. The first-order valence-electron chi connectivity index (χ1n) is 17.4. The van der Waals surface area contributed by atoms with Gasteiger partial charge in [-0.15, -0.1) is 0 Å². The minimum atomic E-state index is 0.567. The highest BCUT2D eigenvalue weighted by Crippen LogP contribution is 2.41. The van der Waals surface area contributed by atoms with E-state index in [1.54, 1.807) is 0 Å². The number of hydrogen-bond donors (Lipinski definition) is 0. The van der Waals surface area contributed by atoms with Crippen molar-refractivity contribution in [3.8, 4) is 39.9 Å². The monoisotopic (exact) mass is 664 g/mol. The molecule has 0 fully saturated rings. The van der Waals surface area contributed by atoms with Crippen LogP contribution >= 0.6 is 0 Å². The van der Waals surface area contributed by atoms with Crippen LogP contribution in [0.3, 0.4) is 0 Å². The van der Waals surface area contributed by atoms with Gasteiger partial charge in [-0.1, -0.05) is 127 Å². The lowest BCUT2D eigenvalue weighted by Crippen LogP contribution is -2.01. The molecule has 0 bridgehead atoms. The molecule has 0 saturated heterocycles. The van der Waals surface area contributed by atoms with Crippen molar-refractivity contribution < 1.29 is 4.42 Å². The first-order valence-corrected chi connectivity index (χ1v) is 17.4. The minimum Gasteiger partial charge on any atom is -0.455 e. The van der Waals surface area contributed by atoms with Gasteiger partial charge in [0.05, 0.1) is 16.6 Å². The van der Waals surface area contributed by atoms with Gasteiger partial charge in [0.1, 0.15) is 11.2 Å². The molecular formula is C47H28N4O. The first kappa shape index (κ1) is 28.7. The van der Waals surface area contributed by atoms with E-state index in [1.165, 1.54) is 10.8 Å². The molecule has 0 N–H and O–H groups in total. The molecule has 5 nitrogen and oxygen atoms in total. The summed E-state index contributed by atoms with van der Waals surface area (Å²) >= 11 is 0. The largest absolute Gasteiger partial charge is 0.455 e. The molecule has 3 aromatic heterocycles. The van der Waals surface area contributed by atoms with Crippen LogP contribution in [0.25, 0.3) is 105 Å². The van der Waals surface area contributed by atoms with Crippen molar-refractivity contribution in [3.05, 3.63) is 170 Å². The molecule has 0 amide bonds. The fourth-order valence-electron chi connectivity index (χ4n) is 7.78. The number of benzene rings is 8. The molecule has 0 aliphatic carbocycles. The van der Waals surface area contributed by atoms with E-state index in [0.29, 0.717) is 17.5 Å². The number of furan rings is 1. The minimum absolute atomic E-state index is 0.567. The summed E-state index contributed by atoms with van der Waals surface area (Å²) < 4.78 is 8.97. The number of fused-ring (bicyclic) bond motifs is 8. The quantitative estimate of drug-likeness (QED) is 0.188. The molecule has 11 aromatic rings. The molecule has 0 aliphatic heterocycles. The molecule has 5 heteroatoms. The Hall–Kier alpha value is -7.11. The first-order chi connectivity index (χ1) is 25.8. The van der Waals surface area contributed by atoms with Crippen LogP contribution < -0.4 is 0 Å². The number of nitrogens with zero attached hydrogens (tertiary/aromatic N) is 4. The maximum atomic E-state index is 6.65. The summed E-state index contributed by atoms with van der Waals surface area (Å²) in [7, 11) is 0. The van der Waals surface area contributed by atoms with Crippen LogP contribution in [0.4, 0.5) is 0 Å². The van der Waals surface area contributed by atoms with Crippen molar-refractivity contribution in [2.45, 2.75) is 0 Å². The molecule has 3 heterocycles. The van der Waals surface area contributed by atoms with Gasteiger partial charge in [0.15, 0.2) is 17.5 Å². The van der Waals surface area contributed by atoms with E-state index in [-0.39, 0.29) is 0 Å². The van der Waals surface area contributed by atoms with Crippen molar-refractivity contribution in [2.24, 2.45) is 0 Å². The fraction of sp³-hybridized carbons (Fsp3) is 0. The summed E-state index contributed by atoms with van der Waals surface area (Å²) in [6.45, 7) is 0. The maximum absolute atomic E-state index is 6.65. The smallest absolute Gasteiger partial charge is 0.168 e. The van der Waals surface area contributed by atoms with E-state index in [9.17, 15) is 0 Å². The van der Waals surface area contributed by atoms with Gasteiger partial charge in [0.2, 0.25) is 0 Å². The van der Waals surface area contributed by atoms with E-state index >= 15 is 0 Å². The highest BCUT2D eigenvalue weighted by molar-refractivity contribution is 6.17. The van der Waals surface area contributed by atoms with E-state index in [0.717, 1.165) is 76.9 Å². The van der Waals surface area contributed by atoms with E-state index in [1.807, 2.05) is 12.1 Å². The number of hydrogen-bond acceptors (Lipinski definition) is 4. The summed E-state index contributed by atoms with van der Waals surface area (Å²) in [6.07, 6.45) is 0. The van der Waals surface area contributed by atoms with Gasteiger partial charge in [-0.2, -0.15) is 0 Å². The Morgan fingerprint density at radius 3 is 1.85 bits per heavy atom. The van der Waals surface area contributed by atoms with Gasteiger partial charge < -0.3 is 8.98 Å². The van der Waals surface area contributed by atoms with Gasteiger partial charge >= 0.3 is 0 Å². The third-order valence-corrected chi connectivity index (χ3v) is 10.2. The molecule has 0 unspecified atom stereocenters. The average molecular weight is 665 g/mol. The predicted molar refractivity (Wildman–Crippen MR) is 213 cm³/mol. The molecule has 52 heavy (non-hydrogen) atoms. The molecule has 242 valence electrons. The Balaban J connectivity index is 1.22. The molecule has 0 spiro atoms. The maximum Gasteiger partial charge on any atom is 0.168 e. The Kier molecular flexibility index (Phi) is 6.18. The topological polar surface area (TPSA) is 56.7 Å². The normalized spacial score (nSPS) is 11.8. The number of rotatable bonds is 4. The van der Waals surface area contributed by atoms with Crippen LogP contribution in [-0.2, 0) is 0 Å². The van der Waals surface area contributed by atoms with Gasteiger partial charge in [-0.05, 0) is 64.0 Å². The molecule has 0 atom stereocenters. The van der Waals surface area contributed by atoms with Crippen molar-refractivity contribution in [2.75, 3.05) is 0 Å². The Labute approximate surface area is 298 Å². The van der Waals surface area contributed by atoms with Gasteiger partial charge in [0.25, 0.3) is 0 Å². The van der Waals surface area contributed by atoms with Crippen LogP contribution in [-0.4, -0.2) is 19.5 Å². The third-order valence-electron chi connectivity index (χ3n) is 10.2. The summed E-state index contributed by atoms with van der Waals surface area (Å²) in [5, 5.41) is 8.88. The molecular weight excluding hydrogens is 637 g/mol. The van der Waals surface area contributed by atoms with Crippen LogP contribution in [0, 0.1) is 0 Å². The second-order valence-corrected chi connectivity index (χ2v) is 13.2. The van der Waals surface area contributed by atoms with Crippen LogP contribution in [0.5, 0.6) is 0 Å². The van der Waals surface area contributed by atoms with E-state index in [2.05, 4.69) is 162 Å². The van der Waals surface area contributed by atoms with Crippen LogP contribution in [0.2, 0.25) is 0 Å². The van der Waals surface area contributed by atoms with Crippen molar-refractivity contribution >= 4 is 65.3 Å². The van der Waals surface area contributed by atoms with Crippen molar-refractivity contribution in [1.29, 1.82) is 0 Å². The molecule has 8 aromatic carbocycles. The van der Waals surface area contributed by atoms with Gasteiger partial charge in [-0.25, -0.2) is 15.0 Å². The van der Waals surface area contributed by atoms with Crippen molar-refractivity contribution in [1.82, 2.24) is 19.5 Å². The second-order valence-electron chi connectivity index (χ2n) is 13.2. The molecule has 0 aliphatic rings. The molecule has 0 radical (unpaired) electrons. The summed E-state index contributed by atoms with van der Waals surface area (Å²) in [5.74, 6) is 1.77. The fourth-order valence-corrected chi connectivity index (χ4v) is 7.78. The molecule has 11 rings (SSSR count). The summed E-state index contributed by atoms with van der Waals surface area (Å²) in [4.78, 5) is 15.8. The zero-order valence-corrected chi connectivity index (χ0v) is 27.9. The number of para-hydroxylation sites is 3. The Morgan fingerprint density at radius 2 is 1.00 bits per heavy atom. The zero-order chi connectivity index (χ0) is 34.2. The average Bonchev–Trinajstić information content (AvgIpc) is 3.75. The standard InChI is InChI=1S/C47H28N4O/c1-2-15-34(16-3-1)51-40-20-10-8-18-36(40)37-25-24-33(28-41(37)51)46-48-45(32-23-22-29-12-4-5-13-30(29)26-32)49-47(50-46)43-35-17-7-6-14-31(35)27-39-38-19-9-11-21-42(38)52-44(39)43/h1-28H. The van der Waals surface area contributed by atoms with Crippen LogP contribution in [0.1, 0.15) is 0 Å². The highest BCUT2D eigenvalue weighted by Gasteiger charge is 2.22. The van der Waals surface area contributed by atoms with Crippen molar-refractivity contribution in [3.63, 3.8) is 0 Å². The molecule has 0 saturated carbocycles. The second kappa shape index (κ2) is 11.2. The van der Waals surface area contributed by atoms with Gasteiger partial charge in [-0.3, -0.25) is 0 Å². The number of aromatic nitrogens is 4. The summed E-state index contributed by atoms with van der Waals surface area (Å²) in [6, 6.07) is 59.2. The lowest BCUT2D eigenvalue weighted by molar-refractivity contribution is 0.670. The van der Waals surface area contributed by atoms with Crippen LogP contribution in [0.15, 0.2) is 174 Å². The zero-order valence-electron chi connectivity index (χ0n) is 27.9. The lowest BCUT2D eigenvalue weighted by Gasteiger charge is -2.12. The van der Waals surface area contributed by atoms with E-state index in [4.69, 9.17) is 19.4 Å². The highest BCUT2D eigenvalue weighted by atomic mass is 16.3. The van der Waals surface area contributed by atoms with E-state index < -0.39 is 0 Å². The van der Waals surface area contributed by atoms with Gasteiger partial charge in [0, 0.05) is 38.4 Å². The lowest BCUT2D eigenvalue weighted by atomic mass is 9.99. The Bertz CT molecular complexity index is 3190. The SMILES string of the molecule is c1ccc(-n2c3ccccc3c3ccc(-c4nc(-c5ccc6ccccc6c5)nc(-c5c6ccccc6cc6c5oc5ccccc56)n4)cc32)cc1. The summed E-state index contributed by atoms with van der Waals surface area (Å²) in [5.41, 5.74) is 7.61. The third kappa shape index (κ3) is 4.39.